The zero-order chi connectivity index (χ0) is 18.0. The van der Waals surface area contributed by atoms with E-state index in [4.69, 9.17) is 0 Å². The highest BCUT2D eigenvalue weighted by molar-refractivity contribution is 7.85. The summed E-state index contributed by atoms with van der Waals surface area (Å²) in [5.41, 5.74) is 2.77. The molecule has 1 rings (SSSR count). The number of rotatable bonds is 12. The van der Waals surface area contributed by atoms with Gasteiger partial charge in [-0.2, -0.15) is 8.42 Å². The van der Waals surface area contributed by atoms with Crippen LogP contribution in [0, 0.1) is 13.8 Å². The summed E-state index contributed by atoms with van der Waals surface area (Å²) in [5.74, 6) is 0. The lowest BCUT2D eigenvalue weighted by molar-refractivity contribution is 0.482. The van der Waals surface area contributed by atoms with E-state index in [1.165, 1.54) is 63.4 Å². The van der Waals surface area contributed by atoms with Crippen molar-refractivity contribution in [2.24, 2.45) is 0 Å². The average molecular weight is 355 g/mol. The zero-order valence-corrected chi connectivity index (χ0v) is 16.4. The van der Waals surface area contributed by atoms with Crippen molar-refractivity contribution in [1.82, 2.24) is 0 Å². The van der Waals surface area contributed by atoms with E-state index in [2.05, 4.69) is 6.92 Å². The molecular formula is C20H34O3S. The molecule has 4 heteroatoms. The van der Waals surface area contributed by atoms with Crippen LogP contribution in [0.2, 0.25) is 0 Å². The molecule has 138 valence electrons. The third-order valence-electron chi connectivity index (χ3n) is 4.71. The second-order valence-electron chi connectivity index (χ2n) is 6.95. The van der Waals surface area contributed by atoms with Gasteiger partial charge in [0.05, 0.1) is 4.90 Å². The van der Waals surface area contributed by atoms with Crippen molar-refractivity contribution >= 4 is 10.1 Å². The van der Waals surface area contributed by atoms with Crippen LogP contribution in [0.1, 0.15) is 87.8 Å². The van der Waals surface area contributed by atoms with Crippen LogP contribution in [0.4, 0.5) is 0 Å². The van der Waals surface area contributed by atoms with Crippen molar-refractivity contribution in [2.45, 2.75) is 96.3 Å². The highest BCUT2D eigenvalue weighted by atomic mass is 32.2. The van der Waals surface area contributed by atoms with Gasteiger partial charge < -0.3 is 0 Å². The van der Waals surface area contributed by atoms with Gasteiger partial charge in [-0.15, -0.1) is 0 Å². The van der Waals surface area contributed by atoms with Crippen LogP contribution in [0.25, 0.3) is 0 Å². The van der Waals surface area contributed by atoms with Crippen molar-refractivity contribution in [3.63, 3.8) is 0 Å². The summed E-state index contributed by atoms with van der Waals surface area (Å²) >= 11 is 0. The molecule has 0 fully saturated rings. The minimum Gasteiger partial charge on any atom is -0.282 e. The minimum atomic E-state index is -4.12. The van der Waals surface area contributed by atoms with E-state index in [1.807, 2.05) is 13.0 Å². The smallest absolute Gasteiger partial charge is 0.282 e. The topological polar surface area (TPSA) is 54.4 Å². The molecule has 0 aliphatic carbocycles. The van der Waals surface area contributed by atoms with Crippen LogP contribution in [-0.4, -0.2) is 13.0 Å². The van der Waals surface area contributed by atoms with Gasteiger partial charge in [-0.1, -0.05) is 70.8 Å². The molecule has 1 aromatic rings. The largest absolute Gasteiger partial charge is 0.294 e. The first-order valence-corrected chi connectivity index (χ1v) is 10.9. The summed E-state index contributed by atoms with van der Waals surface area (Å²) < 4.78 is 31.9. The molecule has 0 atom stereocenters. The monoisotopic (exact) mass is 354 g/mol. The van der Waals surface area contributed by atoms with E-state index in [-0.39, 0.29) is 4.90 Å². The third-order valence-corrected chi connectivity index (χ3v) is 5.71. The maximum Gasteiger partial charge on any atom is 0.294 e. The second-order valence-corrected chi connectivity index (χ2v) is 8.34. The van der Waals surface area contributed by atoms with Crippen LogP contribution >= 0.6 is 0 Å². The van der Waals surface area contributed by atoms with Gasteiger partial charge in [0, 0.05) is 0 Å². The predicted octanol–water partition coefficient (Wildman–Crippen LogP) is 6.01. The summed E-state index contributed by atoms with van der Waals surface area (Å²) in [6, 6.07) is 3.50. The number of benzene rings is 1. The average Bonchev–Trinajstić information content (AvgIpc) is 2.51. The van der Waals surface area contributed by atoms with Gasteiger partial charge in [-0.05, 0) is 49.4 Å². The lowest BCUT2D eigenvalue weighted by Crippen LogP contribution is -2.03. The first kappa shape index (κ1) is 21.2. The van der Waals surface area contributed by atoms with Crippen LogP contribution in [0.3, 0.4) is 0 Å². The van der Waals surface area contributed by atoms with Crippen LogP contribution in [-0.2, 0) is 16.5 Å². The fourth-order valence-corrected chi connectivity index (χ4v) is 3.99. The molecule has 3 nitrogen and oxygen atoms in total. The quantitative estimate of drug-likeness (QED) is 0.369. The Bertz CT molecular complexity index is 591. The predicted molar refractivity (Wildman–Crippen MR) is 101 cm³/mol. The molecule has 0 amide bonds. The summed E-state index contributed by atoms with van der Waals surface area (Å²) in [4.78, 5) is 0.0341. The Labute approximate surface area is 148 Å². The van der Waals surface area contributed by atoms with Gasteiger partial charge in [-0.25, -0.2) is 0 Å². The Balaban J connectivity index is 2.28. The van der Waals surface area contributed by atoms with Gasteiger partial charge in [0.2, 0.25) is 0 Å². The molecule has 1 N–H and O–H groups in total. The lowest BCUT2D eigenvalue weighted by Gasteiger charge is -2.10. The summed E-state index contributed by atoms with van der Waals surface area (Å²) in [5, 5.41) is 0. The Kier molecular flexibility index (Phi) is 9.60. The Morgan fingerprint density at radius 2 is 1.29 bits per heavy atom. The van der Waals surface area contributed by atoms with E-state index >= 15 is 0 Å². The van der Waals surface area contributed by atoms with Crippen molar-refractivity contribution in [3.8, 4) is 0 Å². The highest BCUT2D eigenvalue weighted by Gasteiger charge is 2.14. The molecule has 0 aliphatic rings. The van der Waals surface area contributed by atoms with Crippen LogP contribution in [0.5, 0.6) is 0 Å². The van der Waals surface area contributed by atoms with Gasteiger partial charge in [-0.3, -0.25) is 4.55 Å². The van der Waals surface area contributed by atoms with Gasteiger partial charge in [0.15, 0.2) is 0 Å². The number of hydrogen-bond acceptors (Lipinski definition) is 2. The van der Waals surface area contributed by atoms with E-state index in [9.17, 15) is 13.0 Å². The number of aryl methyl sites for hydroxylation is 3. The molecule has 0 bridgehead atoms. The van der Waals surface area contributed by atoms with Crippen LogP contribution < -0.4 is 0 Å². The standard InChI is InChI=1S/C20H34O3S/c1-4-5-6-7-8-9-10-11-12-13-14-19-15-18(3)20(16-17(19)2)24(21,22)23/h15-16H,4-14H2,1-3H3,(H,21,22,23). The first-order valence-electron chi connectivity index (χ1n) is 9.44. The second kappa shape index (κ2) is 10.9. The minimum absolute atomic E-state index is 0.0341. The van der Waals surface area contributed by atoms with Crippen LogP contribution in [0.15, 0.2) is 17.0 Å². The maximum atomic E-state index is 11.3. The maximum absolute atomic E-state index is 11.3. The van der Waals surface area contributed by atoms with E-state index in [1.54, 1.807) is 13.0 Å². The molecule has 24 heavy (non-hydrogen) atoms. The first-order chi connectivity index (χ1) is 11.4. The Morgan fingerprint density at radius 1 is 0.792 bits per heavy atom. The van der Waals surface area contributed by atoms with Gasteiger partial charge in [0.25, 0.3) is 10.1 Å². The van der Waals surface area contributed by atoms with E-state index in [0.29, 0.717) is 5.56 Å². The van der Waals surface area contributed by atoms with Crippen molar-refractivity contribution in [2.75, 3.05) is 0 Å². The lowest BCUT2D eigenvalue weighted by atomic mass is 9.99. The fraction of sp³-hybridized carbons (Fsp3) is 0.700. The molecule has 0 heterocycles. The van der Waals surface area contributed by atoms with Gasteiger partial charge in [0.1, 0.15) is 0 Å². The molecule has 0 aromatic heterocycles. The summed E-state index contributed by atoms with van der Waals surface area (Å²) in [6.07, 6.45) is 14.1. The number of unbranched alkanes of at least 4 members (excludes halogenated alkanes) is 9. The van der Waals surface area contributed by atoms with E-state index in [0.717, 1.165) is 18.4 Å². The molecule has 0 saturated carbocycles. The normalized spacial score (nSPS) is 11.8. The van der Waals surface area contributed by atoms with Crippen molar-refractivity contribution in [3.05, 3.63) is 28.8 Å². The molecular weight excluding hydrogens is 320 g/mol. The Morgan fingerprint density at radius 3 is 1.79 bits per heavy atom. The SMILES string of the molecule is CCCCCCCCCCCCc1cc(C)c(S(=O)(=O)O)cc1C. The Hall–Kier alpha value is -0.870. The molecule has 0 spiro atoms. The molecule has 0 saturated heterocycles. The van der Waals surface area contributed by atoms with Crippen molar-refractivity contribution in [1.29, 1.82) is 0 Å². The molecule has 0 radical (unpaired) electrons. The third kappa shape index (κ3) is 7.80. The fourth-order valence-electron chi connectivity index (χ4n) is 3.20. The highest BCUT2D eigenvalue weighted by Crippen LogP contribution is 2.22. The zero-order valence-electron chi connectivity index (χ0n) is 15.6. The van der Waals surface area contributed by atoms with Crippen molar-refractivity contribution < 1.29 is 13.0 Å². The molecule has 1 aromatic carbocycles. The molecule has 0 aliphatic heterocycles. The summed E-state index contributed by atoms with van der Waals surface area (Å²) in [6.45, 7) is 5.91. The molecule has 0 unspecified atom stereocenters. The van der Waals surface area contributed by atoms with E-state index < -0.39 is 10.1 Å². The van der Waals surface area contributed by atoms with Gasteiger partial charge >= 0.3 is 0 Å². The number of hydrogen-bond donors (Lipinski definition) is 1. The summed E-state index contributed by atoms with van der Waals surface area (Å²) in [7, 11) is -4.12.